The molecule has 1 aromatic carbocycles. The molecule has 0 unspecified atom stereocenters. The Hall–Kier alpha value is -1.62. The first-order valence-electron chi connectivity index (χ1n) is 5.00. The number of amides is 1. The molecule has 0 heterocycles. The topological polar surface area (TPSA) is 67.2 Å². The van der Waals surface area contributed by atoms with Crippen molar-refractivity contribution in [3.05, 3.63) is 23.8 Å². The summed E-state index contributed by atoms with van der Waals surface area (Å²) < 4.78 is 0. The molecule has 5 heteroatoms. The summed E-state index contributed by atoms with van der Waals surface area (Å²) in [5.74, 6) is -0.00513. The third-order valence-electron chi connectivity index (χ3n) is 2.09. The molecule has 0 saturated carbocycles. The Morgan fingerprint density at radius 2 is 2.12 bits per heavy atom. The Morgan fingerprint density at radius 1 is 1.44 bits per heavy atom. The number of hydrogen-bond acceptors (Lipinski definition) is 2. The molecule has 0 fully saturated rings. The molecular formula is C11H15N3OS. The van der Waals surface area contributed by atoms with Crippen LogP contribution in [0.25, 0.3) is 0 Å². The summed E-state index contributed by atoms with van der Waals surface area (Å²) in [6, 6.07) is 5.51. The Kier molecular flexibility index (Phi) is 4.25. The summed E-state index contributed by atoms with van der Waals surface area (Å²) in [5, 5.41) is 5.88. The second-order valence-electron chi connectivity index (χ2n) is 3.42. The standard InChI is InChI=1S/C11H15N3OS/c1-3-10(15)13-8-4-5-9(7(2)6-8)14-11(12)16/h4-6H,3H2,1-2H3,(H,13,15)(H3,12,14,16). The first-order valence-corrected chi connectivity index (χ1v) is 5.40. The van der Waals surface area contributed by atoms with Gasteiger partial charge in [0.25, 0.3) is 0 Å². The molecular weight excluding hydrogens is 222 g/mol. The maximum atomic E-state index is 11.2. The Bertz CT molecular complexity index is 418. The Morgan fingerprint density at radius 3 is 2.62 bits per heavy atom. The molecule has 0 aromatic heterocycles. The van der Waals surface area contributed by atoms with Crippen LogP contribution in [0.15, 0.2) is 18.2 Å². The lowest BCUT2D eigenvalue weighted by Gasteiger charge is -2.10. The van der Waals surface area contributed by atoms with Gasteiger partial charge in [0.15, 0.2) is 5.11 Å². The van der Waals surface area contributed by atoms with E-state index >= 15 is 0 Å². The molecule has 4 nitrogen and oxygen atoms in total. The maximum absolute atomic E-state index is 11.2. The van der Waals surface area contributed by atoms with Gasteiger partial charge in [-0.05, 0) is 42.9 Å². The minimum absolute atomic E-state index is 0.00513. The Labute approximate surface area is 100 Å². The lowest BCUT2D eigenvalue weighted by atomic mass is 10.1. The first kappa shape index (κ1) is 12.4. The third-order valence-corrected chi connectivity index (χ3v) is 2.19. The van der Waals surface area contributed by atoms with E-state index in [0.717, 1.165) is 16.9 Å². The zero-order chi connectivity index (χ0) is 12.1. The van der Waals surface area contributed by atoms with E-state index in [2.05, 4.69) is 10.6 Å². The van der Waals surface area contributed by atoms with Crippen molar-refractivity contribution in [3.63, 3.8) is 0 Å². The molecule has 86 valence electrons. The molecule has 0 spiro atoms. The molecule has 0 saturated heterocycles. The number of thiocarbonyl (C=S) groups is 1. The molecule has 0 aliphatic heterocycles. The van der Waals surface area contributed by atoms with Crippen molar-refractivity contribution in [3.8, 4) is 0 Å². The number of hydrogen-bond donors (Lipinski definition) is 3. The van der Waals surface area contributed by atoms with Gasteiger partial charge in [0.2, 0.25) is 5.91 Å². The van der Waals surface area contributed by atoms with Crippen molar-refractivity contribution in [1.82, 2.24) is 0 Å². The largest absolute Gasteiger partial charge is 0.376 e. The predicted octanol–water partition coefficient (Wildman–Crippen LogP) is 2.00. The number of carbonyl (C=O) groups is 1. The van der Waals surface area contributed by atoms with E-state index in [1.807, 2.05) is 26.0 Å². The minimum atomic E-state index is -0.00513. The average Bonchev–Trinajstić information content (AvgIpc) is 2.21. The monoisotopic (exact) mass is 237 g/mol. The smallest absolute Gasteiger partial charge is 0.224 e. The van der Waals surface area contributed by atoms with E-state index < -0.39 is 0 Å². The summed E-state index contributed by atoms with van der Waals surface area (Å²) in [4.78, 5) is 11.2. The van der Waals surface area contributed by atoms with Crippen molar-refractivity contribution in [2.45, 2.75) is 20.3 Å². The van der Waals surface area contributed by atoms with Gasteiger partial charge >= 0.3 is 0 Å². The van der Waals surface area contributed by atoms with Crippen LogP contribution in [-0.2, 0) is 4.79 Å². The molecule has 1 rings (SSSR count). The number of nitrogens with one attached hydrogen (secondary N) is 2. The van der Waals surface area contributed by atoms with Gasteiger partial charge in [-0.2, -0.15) is 0 Å². The van der Waals surface area contributed by atoms with Crippen LogP contribution in [0.4, 0.5) is 11.4 Å². The van der Waals surface area contributed by atoms with Gasteiger partial charge < -0.3 is 16.4 Å². The molecule has 0 bridgehead atoms. The third kappa shape index (κ3) is 3.51. The molecule has 0 aliphatic rings. The first-order chi connectivity index (χ1) is 7.52. The van der Waals surface area contributed by atoms with Crippen LogP contribution >= 0.6 is 12.2 Å². The number of carbonyl (C=O) groups excluding carboxylic acids is 1. The summed E-state index contributed by atoms with van der Waals surface area (Å²) in [6.07, 6.45) is 0.464. The summed E-state index contributed by atoms with van der Waals surface area (Å²) in [7, 11) is 0. The van der Waals surface area contributed by atoms with Crippen molar-refractivity contribution in [2.75, 3.05) is 10.6 Å². The van der Waals surface area contributed by atoms with Crippen LogP contribution in [0.1, 0.15) is 18.9 Å². The van der Waals surface area contributed by atoms with Gasteiger partial charge in [-0.25, -0.2) is 0 Å². The summed E-state index contributed by atoms with van der Waals surface area (Å²) in [6.45, 7) is 3.73. The molecule has 4 N–H and O–H groups in total. The van der Waals surface area contributed by atoms with Gasteiger partial charge in [0, 0.05) is 17.8 Å². The Balaban J connectivity index is 2.82. The fourth-order valence-electron chi connectivity index (χ4n) is 1.26. The van der Waals surface area contributed by atoms with E-state index in [1.54, 1.807) is 6.07 Å². The number of benzene rings is 1. The average molecular weight is 237 g/mol. The highest BCUT2D eigenvalue weighted by atomic mass is 32.1. The van der Waals surface area contributed by atoms with E-state index in [9.17, 15) is 4.79 Å². The van der Waals surface area contributed by atoms with Crippen molar-refractivity contribution >= 4 is 34.6 Å². The van der Waals surface area contributed by atoms with E-state index in [0.29, 0.717) is 6.42 Å². The van der Waals surface area contributed by atoms with Crippen LogP contribution in [-0.4, -0.2) is 11.0 Å². The van der Waals surface area contributed by atoms with E-state index in [-0.39, 0.29) is 11.0 Å². The lowest BCUT2D eigenvalue weighted by molar-refractivity contribution is -0.115. The predicted molar refractivity (Wildman–Crippen MR) is 70.5 cm³/mol. The highest BCUT2D eigenvalue weighted by Gasteiger charge is 2.02. The van der Waals surface area contributed by atoms with Crippen LogP contribution in [0.5, 0.6) is 0 Å². The van der Waals surface area contributed by atoms with Crippen molar-refractivity contribution in [1.29, 1.82) is 0 Å². The van der Waals surface area contributed by atoms with E-state index in [4.69, 9.17) is 18.0 Å². The van der Waals surface area contributed by atoms with Gasteiger partial charge in [-0.15, -0.1) is 0 Å². The second-order valence-corrected chi connectivity index (χ2v) is 3.86. The molecule has 0 radical (unpaired) electrons. The van der Waals surface area contributed by atoms with Gasteiger partial charge in [-0.1, -0.05) is 6.92 Å². The van der Waals surface area contributed by atoms with Crippen LogP contribution < -0.4 is 16.4 Å². The molecule has 0 aliphatic carbocycles. The second kappa shape index (κ2) is 5.46. The fraction of sp³-hybridized carbons (Fsp3) is 0.273. The lowest BCUT2D eigenvalue weighted by Crippen LogP contribution is -2.19. The molecule has 0 atom stereocenters. The molecule has 1 aromatic rings. The van der Waals surface area contributed by atoms with Gasteiger partial charge in [0.05, 0.1) is 0 Å². The highest BCUT2D eigenvalue weighted by molar-refractivity contribution is 7.80. The number of aryl methyl sites for hydroxylation is 1. The SMILES string of the molecule is CCC(=O)Nc1ccc(NC(N)=S)c(C)c1. The minimum Gasteiger partial charge on any atom is -0.376 e. The molecule has 1 amide bonds. The van der Waals surface area contributed by atoms with Crippen LogP contribution in [0, 0.1) is 6.92 Å². The fourth-order valence-corrected chi connectivity index (χ4v) is 1.37. The number of nitrogens with two attached hydrogens (primary N) is 1. The highest BCUT2D eigenvalue weighted by Crippen LogP contribution is 2.19. The quantitative estimate of drug-likeness (QED) is 0.703. The van der Waals surface area contributed by atoms with Crippen molar-refractivity contribution < 1.29 is 4.79 Å². The van der Waals surface area contributed by atoms with E-state index in [1.165, 1.54) is 0 Å². The summed E-state index contributed by atoms with van der Waals surface area (Å²) in [5.41, 5.74) is 7.98. The number of rotatable bonds is 3. The zero-order valence-electron chi connectivity index (χ0n) is 9.33. The number of anilines is 2. The van der Waals surface area contributed by atoms with Crippen LogP contribution in [0.3, 0.4) is 0 Å². The van der Waals surface area contributed by atoms with Crippen LogP contribution in [0.2, 0.25) is 0 Å². The van der Waals surface area contributed by atoms with Crippen molar-refractivity contribution in [2.24, 2.45) is 5.73 Å². The van der Waals surface area contributed by atoms with Gasteiger partial charge in [0.1, 0.15) is 0 Å². The van der Waals surface area contributed by atoms with Gasteiger partial charge in [-0.3, -0.25) is 4.79 Å². The summed E-state index contributed by atoms with van der Waals surface area (Å²) >= 11 is 4.76. The molecule has 16 heavy (non-hydrogen) atoms. The normalized spacial score (nSPS) is 9.62. The maximum Gasteiger partial charge on any atom is 0.224 e. The zero-order valence-corrected chi connectivity index (χ0v) is 10.1.